The maximum Gasteiger partial charge on any atom is 0.236 e. The number of hydrogen-bond donors (Lipinski definition) is 1. The van der Waals surface area contributed by atoms with E-state index in [1.807, 2.05) is 23.2 Å². The summed E-state index contributed by atoms with van der Waals surface area (Å²) < 4.78 is 0. The molecule has 0 radical (unpaired) electrons. The molecule has 0 aromatic carbocycles. The van der Waals surface area contributed by atoms with E-state index >= 15 is 0 Å². The monoisotopic (exact) mass is 301 g/mol. The first kappa shape index (κ1) is 14.2. The lowest BCUT2D eigenvalue weighted by atomic mass is 10.1. The molecule has 5 heteroatoms. The normalized spacial score (nSPS) is 15.6. The standard InChI is InChI=1S/C16H19N3OS/c1-12(13-3-2-6-17-9-13)18-10-16(20)19-7-4-15-14(11-19)5-8-21-15/h2-3,5-6,8-9,12,18H,4,7,10-11H2,1H3. The summed E-state index contributed by atoms with van der Waals surface area (Å²) in [5.74, 6) is 0.169. The van der Waals surface area contributed by atoms with Crippen LogP contribution in [0.2, 0.25) is 0 Å². The predicted molar refractivity (Wildman–Crippen MR) is 84.1 cm³/mol. The summed E-state index contributed by atoms with van der Waals surface area (Å²) in [6.45, 7) is 4.00. The van der Waals surface area contributed by atoms with Gasteiger partial charge in [0.05, 0.1) is 6.54 Å². The van der Waals surface area contributed by atoms with E-state index in [1.165, 1.54) is 10.4 Å². The van der Waals surface area contributed by atoms with Crippen LogP contribution in [0, 0.1) is 0 Å². The molecule has 0 spiro atoms. The maximum absolute atomic E-state index is 12.3. The number of aromatic nitrogens is 1. The van der Waals surface area contributed by atoms with Crippen LogP contribution in [-0.2, 0) is 17.8 Å². The molecule has 2 aromatic rings. The first-order valence-electron chi connectivity index (χ1n) is 7.20. The van der Waals surface area contributed by atoms with Gasteiger partial charge in [0.1, 0.15) is 0 Å². The molecule has 3 rings (SSSR count). The lowest BCUT2D eigenvalue weighted by Crippen LogP contribution is -2.41. The zero-order valence-electron chi connectivity index (χ0n) is 12.1. The molecule has 1 aliphatic rings. The Kier molecular flexibility index (Phi) is 4.31. The number of nitrogens with zero attached hydrogens (tertiary/aromatic N) is 2. The average molecular weight is 301 g/mol. The fourth-order valence-corrected chi connectivity index (χ4v) is 3.45. The third kappa shape index (κ3) is 3.31. The molecule has 2 aromatic heterocycles. The molecule has 0 fully saturated rings. The van der Waals surface area contributed by atoms with Crippen molar-refractivity contribution in [1.82, 2.24) is 15.2 Å². The van der Waals surface area contributed by atoms with Gasteiger partial charge in [0.2, 0.25) is 5.91 Å². The maximum atomic E-state index is 12.3. The van der Waals surface area contributed by atoms with Gasteiger partial charge in [-0.15, -0.1) is 11.3 Å². The van der Waals surface area contributed by atoms with Crippen LogP contribution in [0.25, 0.3) is 0 Å². The largest absolute Gasteiger partial charge is 0.337 e. The lowest BCUT2D eigenvalue weighted by molar-refractivity contribution is -0.131. The molecule has 1 amide bonds. The van der Waals surface area contributed by atoms with Crippen molar-refractivity contribution in [2.24, 2.45) is 0 Å². The second kappa shape index (κ2) is 6.37. The number of fused-ring (bicyclic) bond motifs is 1. The van der Waals surface area contributed by atoms with Crippen LogP contribution in [0.4, 0.5) is 0 Å². The second-order valence-corrected chi connectivity index (χ2v) is 6.32. The number of pyridine rings is 1. The van der Waals surface area contributed by atoms with E-state index in [0.29, 0.717) is 6.54 Å². The van der Waals surface area contributed by atoms with Crippen LogP contribution >= 0.6 is 11.3 Å². The Morgan fingerprint density at radius 1 is 1.52 bits per heavy atom. The average Bonchev–Trinajstić information content (AvgIpc) is 3.00. The summed E-state index contributed by atoms with van der Waals surface area (Å²) in [6.07, 6.45) is 4.57. The summed E-state index contributed by atoms with van der Waals surface area (Å²) in [7, 11) is 0. The minimum atomic E-state index is 0.129. The van der Waals surface area contributed by atoms with E-state index in [0.717, 1.165) is 25.1 Å². The summed E-state index contributed by atoms with van der Waals surface area (Å²) in [4.78, 5) is 19.8. The molecule has 1 aliphatic heterocycles. The highest BCUT2D eigenvalue weighted by Gasteiger charge is 2.21. The number of carbonyl (C=O) groups excluding carboxylic acids is 1. The molecule has 0 saturated heterocycles. The van der Waals surface area contributed by atoms with Crippen molar-refractivity contribution in [3.05, 3.63) is 52.0 Å². The molecule has 0 saturated carbocycles. The third-order valence-electron chi connectivity index (χ3n) is 3.90. The summed E-state index contributed by atoms with van der Waals surface area (Å²) >= 11 is 1.79. The van der Waals surface area contributed by atoms with Crippen molar-refractivity contribution in [2.75, 3.05) is 13.1 Å². The second-order valence-electron chi connectivity index (χ2n) is 5.32. The van der Waals surface area contributed by atoms with Gasteiger partial charge in [-0.25, -0.2) is 0 Å². The van der Waals surface area contributed by atoms with Crippen LogP contribution in [0.15, 0.2) is 36.0 Å². The summed E-state index contributed by atoms with van der Waals surface area (Å²) in [5.41, 5.74) is 2.41. The van der Waals surface area contributed by atoms with Gasteiger partial charge < -0.3 is 10.2 Å². The quantitative estimate of drug-likeness (QED) is 0.943. The van der Waals surface area contributed by atoms with E-state index < -0.39 is 0 Å². The fourth-order valence-electron chi connectivity index (χ4n) is 2.56. The van der Waals surface area contributed by atoms with Gasteiger partial charge in [-0.3, -0.25) is 9.78 Å². The van der Waals surface area contributed by atoms with Gasteiger partial charge in [0.15, 0.2) is 0 Å². The molecule has 110 valence electrons. The minimum absolute atomic E-state index is 0.129. The van der Waals surface area contributed by atoms with E-state index in [1.54, 1.807) is 17.5 Å². The molecule has 1 N–H and O–H groups in total. The topological polar surface area (TPSA) is 45.2 Å². The first-order valence-corrected chi connectivity index (χ1v) is 8.08. The van der Waals surface area contributed by atoms with E-state index in [2.05, 4.69) is 28.7 Å². The van der Waals surface area contributed by atoms with Gasteiger partial charge in [-0.05, 0) is 42.0 Å². The van der Waals surface area contributed by atoms with Gasteiger partial charge in [0.25, 0.3) is 0 Å². The number of thiophene rings is 1. The van der Waals surface area contributed by atoms with Gasteiger partial charge in [0, 0.05) is 36.4 Å². The zero-order chi connectivity index (χ0) is 14.7. The van der Waals surface area contributed by atoms with Crippen molar-refractivity contribution in [1.29, 1.82) is 0 Å². The third-order valence-corrected chi connectivity index (χ3v) is 4.93. The van der Waals surface area contributed by atoms with Crippen LogP contribution in [0.3, 0.4) is 0 Å². The number of hydrogen-bond acceptors (Lipinski definition) is 4. The molecule has 1 unspecified atom stereocenters. The Morgan fingerprint density at radius 3 is 3.24 bits per heavy atom. The highest BCUT2D eigenvalue weighted by Crippen LogP contribution is 2.23. The van der Waals surface area contributed by atoms with Crippen LogP contribution < -0.4 is 5.32 Å². The number of carbonyl (C=O) groups is 1. The van der Waals surface area contributed by atoms with Crippen LogP contribution in [0.1, 0.15) is 29.0 Å². The highest BCUT2D eigenvalue weighted by molar-refractivity contribution is 7.10. The van der Waals surface area contributed by atoms with Crippen molar-refractivity contribution < 1.29 is 4.79 Å². The Morgan fingerprint density at radius 2 is 2.43 bits per heavy atom. The highest BCUT2D eigenvalue weighted by atomic mass is 32.1. The first-order chi connectivity index (χ1) is 10.2. The Balaban J connectivity index is 1.53. The Bertz CT molecular complexity index is 611. The zero-order valence-corrected chi connectivity index (χ0v) is 12.9. The van der Waals surface area contributed by atoms with Gasteiger partial charge >= 0.3 is 0 Å². The smallest absolute Gasteiger partial charge is 0.236 e. The van der Waals surface area contributed by atoms with Crippen molar-refractivity contribution in [3.8, 4) is 0 Å². The van der Waals surface area contributed by atoms with Crippen LogP contribution in [0.5, 0.6) is 0 Å². The molecular weight excluding hydrogens is 282 g/mol. The van der Waals surface area contributed by atoms with E-state index in [9.17, 15) is 4.79 Å². The Labute approximate surface area is 128 Å². The predicted octanol–water partition coefficient (Wildman–Crippen LogP) is 2.38. The number of amides is 1. The number of nitrogens with one attached hydrogen (secondary N) is 1. The molecule has 4 nitrogen and oxygen atoms in total. The number of rotatable bonds is 4. The molecule has 21 heavy (non-hydrogen) atoms. The van der Waals surface area contributed by atoms with Crippen LogP contribution in [-0.4, -0.2) is 28.9 Å². The fraction of sp³-hybridized carbons (Fsp3) is 0.375. The minimum Gasteiger partial charge on any atom is -0.337 e. The van der Waals surface area contributed by atoms with Crippen molar-refractivity contribution in [2.45, 2.75) is 25.9 Å². The molecular formula is C16H19N3OS. The van der Waals surface area contributed by atoms with E-state index in [-0.39, 0.29) is 11.9 Å². The molecule has 1 atom stereocenters. The van der Waals surface area contributed by atoms with E-state index in [4.69, 9.17) is 0 Å². The Hall–Kier alpha value is -1.72. The molecule has 0 aliphatic carbocycles. The summed E-state index contributed by atoms with van der Waals surface area (Å²) in [5, 5.41) is 5.40. The molecule has 3 heterocycles. The van der Waals surface area contributed by atoms with Gasteiger partial charge in [-0.2, -0.15) is 0 Å². The lowest BCUT2D eigenvalue weighted by Gasteiger charge is -2.27. The molecule has 0 bridgehead atoms. The summed E-state index contributed by atoms with van der Waals surface area (Å²) in [6, 6.07) is 6.20. The van der Waals surface area contributed by atoms with Crippen molar-refractivity contribution >= 4 is 17.2 Å². The van der Waals surface area contributed by atoms with Gasteiger partial charge in [-0.1, -0.05) is 6.07 Å². The van der Waals surface area contributed by atoms with Crippen molar-refractivity contribution in [3.63, 3.8) is 0 Å². The SMILES string of the molecule is CC(NCC(=O)N1CCc2sccc2C1)c1cccnc1.